The number of likely N-dealkylation sites (tertiary alicyclic amines) is 3. The SMILES string of the molecule is CC(C)CCN1C[C@]2(CCCN(C(=O)CN3CCCC3)C2)CCC1=O. The molecule has 0 saturated carbocycles. The summed E-state index contributed by atoms with van der Waals surface area (Å²) in [6.45, 7) is 10.6. The monoisotopic (exact) mass is 349 g/mol. The summed E-state index contributed by atoms with van der Waals surface area (Å²) in [5.41, 5.74) is 0.143. The Kier molecular flexibility index (Phi) is 6.03. The summed E-state index contributed by atoms with van der Waals surface area (Å²) in [5.74, 6) is 1.23. The van der Waals surface area contributed by atoms with Crippen LogP contribution in [0.1, 0.15) is 58.8 Å². The van der Waals surface area contributed by atoms with Gasteiger partial charge in [-0.2, -0.15) is 0 Å². The topological polar surface area (TPSA) is 43.9 Å². The predicted octanol–water partition coefficient (Wildman–Crippen LogP) is 2.36. The minimum Gasteiger partial charge on any atom is -0.342 e. The fraction of sp³-hybridized carbons (Fsp3) is 0.900. The van der Waals surface area contributed by atoms with E-state index in [0.717, 1.165) is 65.0 Å². The molecule has 142 valence electrons. The Morgan fingerprint density at radius 3 is 2.56 bits per heavy atom. The summed E-state index contributed by atoms with van der Waals surface area (Å²) in [7, 11) is 0. The molecule has 3 saturated heterocycles. The Balaban J connectivity index is 1.58. The van der Waals surface area contributed by atoms with E-state index < -0.39 is 0 Å². The maximum Gasteiger partial charge on any atom is 0.236 e. The van der Waals surface area contributed by atoms with Crippen LogP contribution in [0.15, 0.2) is 0 Å². The van der Waals surface area contributed by atoms with Gasteiger partial charge < -0.3 is 9.80 Å². The maximum atomic E-state index is 12.7. The second kappa shape index (κ2) is 8.07. The van der Waals surface area contributed by atoms with E-state index in [2.05, 4.69) is 28.5 Å². The molecule has 25 heavy (non-hydrogen) atoms. The molecule has 1 spiro atoms. The van der Waals surface area contributed by atoms with Gasteiger partial charge in [0.25, 0.3) is 0 Å². The first kappa shape index (κ1) is 18.7. The number of nitrogens with zero attached hydrogens (tertiary/aromatic N) is 3. The van der Waals surface area contributed by atoms with E-state index in [1.165, 1.54) is 12.8 Å². The lowest BCUT2D eigenvalue weighted by Crippen LogP contribution is -2.56. The first-order valence-electron chi connectivity index (χ1n) is 10.3. The molecule has 3 aliphatic heterocycles. The van der Waals surface area contributed by atoms with E-state index in [9.17, 15) is 9.59 Å². The quantitative estimate of drug-likeness (QED) is 0.765. The molecule has 0 aromatic carbocycles. The fourth-order valence-corrected chi connectivity index (χ4v) is 4.71. The van der Waals surface area contributed by atoms with Gasteiger partial charge in [0.1, 0.15) is 0 Å². The number of carbonyl (C=O) groups excluding carboxylic acids is 2. The lowest BCUT2D eigenvalue weighted by Gasteiger charge is -2.48. The summed E-state index contributed by atoms with van der Waals surface area (Å²) < 4.78 is 0. The molecule has 3 fully saturated rings. The van der Waals surface area contributed by atoms with Gasteiger partial charge in [0.05, 0.1) is 6.54 Å². The van der Waals surface area contributed by atoms with Gasteiger partial charge in [0.2, 0.25) is 11.8 Å². The molecule has 0 bridgehead atoms. The number of hydrogen-bond acceptors (Lipinski definition) is 3. The van der Waals surface area contributed by atoms with E-state index in [-0.39, 0.29) is 5.41 Å². The Hall–Kier alpha value is -1.10. The average Bonchev–Trinajstić information content (AvgIpc) is 3.09. The third-order valence-corrected chi connectivity index (χ3v) is 6.30. The van der Waals surface area contributed by atoms with Gasteiger partial charge in [-0.1, -0.05) is 13.8 Å². The first-order valence-corrected chi connectivity index (χ1v) is 10.3. The normalized spacial score (nSPS) is 28.4. The van der Waals surface area contributed by atoms with Gasteiger partial charge in [-0.3, -0.25) is 14.5 Å². The van der Waals surface area contributed by atoms with Crippen molar-refractivity contribution in [3.05, 3.63) is 0 Å². The molecular weight excluding hydrogens is 314 g/mol. The largest absolute Gasteiger partial charge is 0.342 e. The minimum absolute atomic E-state index is 0.143. The number of piperidine rings is 2. The van der Waals surface area contributed by atoms with Crippen LogP contribution in [0.3, 0.4) is 0 Å². The van der Waals surface area contributed by atoms with Crippen LogP contribution in [0, 0.1) is 11.3 Å². The molecule has 0 unspecified atom stereocenters. The molecule has 0 aromatic rings. The van der Waals surface area contributed by atoms with Gasteiger partial charge in [-0.05, 0) is 57.5 Å². The van der Waals surface area contributed by atoms with Gasteiger partial charge in [0.15, 0.2) is 0 Å². The van der Waals surface area contributed by atoms with Crippen molar-refractivity contribution in [3.8, 4) is 0 Å². The Bertz CT molecular complexity index is 487. The van der Waals surface area contributed by atoms with Gasteiger partial charge in [-0.15, -0.1) is 0 Å². The molecule has 3 heterocycles. The van der Waals surface area contributed by atoms with Gasteiger partial charge >= 0.3 is 0 Å². The Morgan fingerprint density at radius 2 is 1.84 bits per heavy atom. The Morgan fingerprint density at radius 1 is 1.08 bits per heavy atom. The highest BCUT2D eigenvalue weighted by Crippen LogP contribution is 2.39. The second-order valence-corrected chi connectivity index (χ2v) is 8.90. The lowest BCUT2D eigenvalue weighted by atomic mass is 9.73. The summed E-state index contributed by atoms with van der Waals surface area (Å²) in [5, 5.41) is 0. The zero-order valence-corrected chi connectivity index (χ0v) is 16.1. The van der Waals surface area contributed by atoms with Crippen LogP contribution >= 0.6 is 0 Å². The highest BCUT2D eigenvalue weighted by molar-refractivity contribution is 5.79. The van der Waals surface area contributed by atoms with Gasteiger partial charge in [0, 0.05) is 38.0 Å². The van der Waals surface area contributed by atoms with Crippen LogP contribution in [0.25, 0.3) is 0 Å². The van der Waals surface area contributed by atoms with E-state index in [0.29, 0.717) is 30.7 Å². The lowest BCUT2D eigenvalue weighted by molar-refractivity contribution is -0.143. The third kappa shape index (κ3) is 4.75. The molecule has 1 atom stereocenters. The van der Waals surface area contributed by atoms with Gasteiger partial charge in [-0.25, -0.2) is 0 Å². The fourth-order valence-electron chi connectivity index (χ4n) is 4.71. The first-order chi connectivity index (χ1) is 12.0. The molecule has 2 amide bonds. The van der Waals surface area contributed by atoms with Crippen molar-refractivity contribution in [1.29, 1.82) is 0 Å². The maximum absolute atomic E-state index is 12.7. The van der Waals surface area contributed by atoms with Crippen LogP contribution in [0.2, 0.25) is 0 Å². The van der Waals surface area contributed by atoms with Crippen molar-refractivity contribution in [2.24, 2.45) is 11.3 Å². The highest BCUT2D eigenvalue weighted by Gasteiger charge is 2.42. The van der Waals surface area contributed by atoms with Crippen molar-refractivity contribution in [3.63, 3.8) is 0 Å². The van der Waals surface area contributed by atoms with Crippen LogP contribution in [-0.4, -0.2) is 72.3 Å². The molecule has 0 aliphatic carbocycles. The third-order valence-electron chi connectivity index (χ3n) is 6.30. The second-order valence-electron chi connectivity index (χ2n) is 8.90. The number of rotatable bonds is 5. The summed E-state index contributed by atoms with van der Waals surface area (Å²) in [4.78, 5) is 31.5. The average molecular weight is 350 g/mol. The van der Waals surface area contributed by atoms with Crippen molar-refractivity contribution >= 4 is 11.8 Å². The molecule has 0 radical (unpaired) electrons. The predicted molar refractivity (Wildman–Crippen MR) is 99.2 cm³/mol. The highest BCUT2D eigenvalue weighted by atomic mass is 16.2. The number of amides is 2. The van der Waals surface area contributed by atoms with E-state index in [4.69, 9.17) is 0 Å². The van der Waals surface area contributed by atoms with Crippen molar-refractivity contribution in [2.45, 2.75) is 58.8 Å². The van der Waals surface area contributed by atoms with Crippen LogP contribution in [0.5, 0.6) is 0 Å². The zero-order chi connectivity index (χ0) is 17.9. The zero-order valence-electron chi connectivity index (χ0n) is 16.1. The van der Waals surface area contributed by atoms with Crippen LogP contribution in [-0.2, 0) is 9.59 Å². The number of hydrogen-bond donors (Lipinski definition) is 0. The van der Waals surface area contributed by atoms with E-state index in [1.807, 2.05) is 0 Å². The molecule has 5 heteroatoms. The van der Waals surface area contributed by atoms with Crippen molar-refractivity contribution in [1.82, 2.24) is 14.7 Å². The molecule has 3 rings (SSSR count). The summed E-state index contributed by atoms with van der Waals surface area (Å²) in [6, 6.07) is 0. The molecule has 0 aromatic heterocycles. The molecule has 0 N–H and O–H groups in total. The molecule has 5 nitrogen and oxygen atoms in total. The van der Waals surface area contributed by atoms with Crippen molar-refractivity contribution < 1.29 is 9.59 Å². The van der Waals surface area contributed by atoms with Crippen LogP contribution in [0.4, 0.5) is 0 Å². The summed E-state index contributed by atoms with van der Waals surface area (Å²) in [6.07, 6.45) is 7.38. The van der Waals surface area contributed by atoms with Crippen LogP contribution < -0.4 is 0 Å². The number of carbonyl (C=O) groups is 2. The summed E-state index contributed by atoms with van der Waals surface area (Å²) >= 11 is 0. The molecular formula is C20H35N3O2. The van der Waals surface area contributed by atoms with Crippen molar-refractivity contribution in [2.75, 3.05) is 45.8 Å². The standard InChI is InChI=1S/C20H35N3O2/c1-17(2)7-13-23-16-20(9-6-18(23)24)8-5-12-22(15-20)19(25)14-21-10-3-4-11-21/h17H,3-16H2,1-2H3/t20-/m1/s1. The van der Waals surface area contributed by atoms with E-state index >= 15 is 0 Å². The smallest absolute Gasteiger partial charge is 0.236 e. The molecule has 3 aliphatic rings. The Labute approximate surface area is 152 Å². The minimum atomic E-state index is 0.143. The van der Waals surface area contributed by atoms with E-state index in [1.54, 1.807) is 0 Å².